The zero-order valence-electron chi connectivity index (χ0n) is 11.7. The number of alkyl halides is 1. The van der Waals surface area contributed by atoms with E-state index in [9.17, 15) is 8.42 Å². The summed E-state index contributed by atoms with van der Waals surface area (Å²) < 4.78 is 27.4. The average molecular weight is 396 g/mol. The Morgan fingerprint density at radius 2 is 2.24 bits per heavy atom. The molecule has 9 heteroatoms. The second kappa shape index (κ2) is 6.60. The number of halogens is 2. The quantitative estimate of drug-likeness (QED) is 0.602. The number of nitrogens with zero attached hydrogens (tertiary/aromatic N) is 3. The summed E-state index contributed by atoms with van der Waals surface area (Å²) in [5.41, 5.74) is 1.52. The van der Waals surface area contributed by atoms with Gasteiger partial charge in [0.15, 0.2) is 5.65 Å². The first-order valence-electron chi connectivity index (χ1n) is 6.38. The molecule has 2 rings (SSSR count). The van der Waals surface area contributed by atoms with E-state index in [1.165, 1.54) is 0 Å². The molecule has 0 bridgehead atoms. The van der Waals surface area contributed by atoms with Crippen LogP contribution in [0.15, 0.2) is 16.7 Å². The maximum absolute atomic E-state index is 11.0. The topological polar surface area (TPSA) is 76.9 Å². The molecule has 0 fully saturated rings. The second-order valence-corrected chi connectivity index (χ2v) is 8.16. The van der Waals surface area contributed by atoms with Gasteiger partial charge in [0.25, 0.3) is 0 Å². The standard InChI is InChI=1S/C12H16BrClN4O2S/c1-8(14)11-17-10-6-9(13)7-15-12(10)18(11)5-3-4-16-21(2,19)20/h6-8,16H,3-5H2,1-2H3. The Bertz CT molecular complexity index is 745. The normalized spacial score (nSPS) is 13.7. The molecule has 1 atom stereocenters. The van der Waals surface area contributed by atoms with Crippen LogP contribution in [0, 0.1) is 0 Å². The lowest BCUT2D eigenvalue weighted by Gasteiger charge is -2.10. The molecule has 0 radical (unpaired) electrons. The van der Waals surface area contributed by atoms with Crippen LogP contribution >= 0.6 is 27.5 Å². The first-order chi connectivity index (χ1) is 9.78. The van der Waals surface area contributed by atoms with Crippen molar-refractivity contribution in [3.63, 3.8) is 0 Å². The minimum absolute atomic E-state index is 0.249. The van der Waals surface area contributed by atoms with E-state index in [0.717, 1.165) is 27.7 Å². The van der Waals surface area contributed by atoms with Crippen molar-refractivity contribution < 1.29 is 8.42 Å². The van der Waals surface area contributed by atoms with Crippen molar-refractivity contribution in [2.24, 2.45) is 0 Å². The van der Waals surface area contributed by atoms with Crippen LogP contribution in [0.1, 0.15) is 24.5 Å². The average Bonchev–Trinajstić information content (AvgIpc) is 2.71. The summed E-state index contributed by atoms with van der Waals surface area (Å²) >= 11 is 9.54. The molecule has 2 aromatic rings. The Morgan fingerprint density at radius 3 is 2.86 bits per heavy atom. The molecular formula is C12H16BrClN4O2S. The summed E-state index contributed by atoms with van der Waals surface area (Å²) in [6.07, 6.45) is 3.48. The highest BCUT2D eigenvalue weighted by molar-refractivity contribution is 9.10. The Labute approximate surface area is 137 Å². The van der Waals surface area contributed by atoms with Gasteiger partial charge in [-0.3, -0.25) is 0 Å². The molecule has 0 aliphatic heterocycles. The summed E-state index contributed by atoms with van der Waals surface area (Å²) in [5, 5.41) is -0.249. The third-order valence-electron chi connectivity index (χ3n) is 2.86. The Morgan fingerprint density at radius 1 is 1.52 bits per heavy atom. The fourth-order valence-corrected chi connectivity index (χ4v) is 3.02. The van der Waals surface area contributed by atoms with Crippen molar-refractivity contribution in [3.05, 3.63) is 22.6 Å². The van der Waals surface area contributed by atoms with Gasteiger partial charge in [-0.05, 0) is 35.3 Å². The number of fused-ring (bicyclic) bond motifs is 1. The molecule has 0 aliphatic carbocycles. The lowest BCUT2D eigenvalue weighted by atomic mass is 10.4. The number of hydrogen-bond acceptors (Lipinski definition) is 4. The minimum atomic E-state index is -3.16. The third kappa shape index (κ3) is 4.38. The minimum Gasteiger partial charge on any atom is -0.311 e. The number of rotatable bonds is 6. The van der Waals surface area contributed by atoms with Gasteiger partial charge in [0.05, 0.1) is 11.6 Å². The van der Waals surface area contributed by atoms with Crippen LogP contribution in [0.5, 0.6) is 0 Å². The van der Waals surface area contributed by atoms with E-state index >= 15 is 0 Å². The highest BCUT2D eigenvalue weighted by Crippen LogP contribution is 2.25. The fourth-order valence-electron chi connectivity index (χ4n) is 2.02. The lowest BCUT2D eigenvalue weighted by molar-refractivity contribution is 0.572. The number of sulfonamides is 1. The first-order valence-corrected chi connectivity index (χ1v) is 9.50. The van der Waals surface area contributed by atoms with Crippen LogP contribution in [-0.2, 0) is 16.6 Å². The zero-order valence-corrected chi connectivity index (χ0v) is 14.8. The lowest BCUT2D eigenvalue weighted by Crippen LogP contribution is -2.24. The van der Waals surface area contributed by atoms with E-state index in [0.29, 0.717) is 19.5 Å². The SMILES string of the molecule is CC(Cl)c1nc2cc(Br)cnc2n1CCCNS(C)(=O)=O. The van der Waals surface area contributed by atoms with Gasteiger partial charge in [0, 0.05) is 23.8 Å². The predicted molar refractivity (Wildman–Crippen MR) is 87.0 cm³/mol. The van der Waals surface area contributed by atoms with E-state index in [1.54, 1.807) is 6.20 Å². The molecule has 21 heavy (non-hydrogen) atoms. The summed E-state index contributed by atoms with van der Waals surface area (Å²) in [4.78, 5) is 8.87. The maximum atomic E-state index is 11.0. The van der Waals surface area contributed by atoms with Crippen LogP contribution in [0.2, 0.25) is 0 Å². The molecule has 0 aromatic carbocycles. The van der Waals surface area contributed by atoms with Crippen molar-refractivity contribution >= 4 is 48.7 Å². The number of hydrogen-bond donors (Lipinski definition) is 1. The van der Waals surface area contributed by atoms with Gasteiger partial charge in [-0.2, -0.15) is 0 Å². The number of aromatic nitrogens is 3. The van der Waals surface area contributed by atoms with Gasteiger partial charge in [0.2, 0.25) is 10.0 Å². The third-order valence-corrected chi connectivity index (χ3v) is 4.22. The largest absolute Gasteiger partial charge is 0.311 e. The van der Waals surface area contributed by atoms with E-state index < -0.39 is 10.0 Å². The van der Waals surface area contributed by atoms with Gasteiger partial charge in [0.1, 0.15) is 11.3 Å². The van der Waals surface area contributed by atoms with Crippen LogP contribution in [0.25, 0.3) is 11.2 Å². The van der Waals surface area contributed by atoms with Crippen molar-refractivity contribution in [2.45, 2.75) is 25.3 Å². The number of nitrogens with one attached hydrogen (secondary N) is 1. The summed E-state index contributed by atoms with van der Waals surface area (Å²) in [5.74, 6) is 0.733. The van der Waals surface area contributed by atoms with E-state index in [1.807, 2.05) is 17.6 Å². The number of imidazole rings is 1. The van der Waals surface area contributed by atoms with Gasteiger partial charge in [-0.25, -0.2) is 23.1 Å². The van der Waals surface area contributed by atoms with Crippen LogP contribution in [0.4, 0.5) is 0 Å². The van der Waals surface area contributed by atoms with Crippen LogP contribution in [-0.4, -0.2) is 35.8 Å². The predicted octanol–water partition coefficient (Wildman–Crippen LogP) is 2.43. The molecule has 2 aromatic heterocycles. The fraction of sp³-hybridized carbons (Fsp3) is 0.500. The van der Waals surface area contributed by atoms with Gasteiger partial charge < -0.3 is 4.57 Å². The van der Waals surface area contributed by atoms with Gasteiger partial charge >= 0.3 is 0 Å². The molecule has 116 valence electrons. The Kier molecular flexibility index (Phi) is 5.24. The first kappa shape index (κ1) is 16.7. The highest BCUT2D eigenvalue weighted by atomic mass is 79.9. The second-order valence-electron chi connectivity index (χ2n) is 4.75. The highest BCUT2D eigenvalue weighted by Gasteiger charge is 2.16. The molecule has 6 nitrogen and oxygen atoms in total. The van der Waals surface area contributed by atoms with E-state index in [-0.39, 0.29) is 5.38 Å². The van der Waals surface area contributed by atoms with Crippen LogP contribution < -0.4 is 4.72 Å². The smallest absolute Gasteiger partial charge is 0.208 e. The Balaban J connectivity index is 2.22. The summed E-state index contributed by atoms with van der Waals surface area (Å²) in [7, 11) is -3.16. The Hall–Kier alpha value is -0.700. The monoisotopic (exact) mass is 394 g/mol. The molecule has 0 amide bonds. The molecule has 0 saturated carbocycles. The maximum Gasteiger partial charge on any atom is 0.208 e. The van der Waals surface area contributed by atoms with E-state index in [2.05, 4.69) is 30.6 Å². The molecular weight excluding hydrogens is 380 g/mol. The molecule has 0 saturated heterocycles. The van der Waals surface area contributed by atoms with Crippen molar-refractivity contribution in [3.8, 4) is 0 Å². The van der Waals surface area contributed by atoms with Crippen LogP contribution in [0.3, 0.4) is 0 Å². The molecule has 0 spiro atoms. The molecule has 1 unspecified atom stereocenters. The van der Waals surface area contributed by atoms with Gasteiger partial charge in [-0.15, -0.1) is 11.6 Å². The summed E-state index contributed by atoms with van der Waals surface area (Å²) in [6.45, 7) is 2.81. The molecule has 0 aliphatic rings. The van der Waals surface area contributed by atoms with Crippen molar-refractivity contribution in [1.82, 2.24) is 19.3 Å². The van der Waals surface area contributed by atoms with E-state index in [4.69, 9.17) is 11.6 Å². The van der Waals surface area contributed by atoms with Gasteiger partial charge in [-0.1, -0.05) is 0 Å². The molecule has 1 N–H and O–H groups in total. The number of pyridine rings is 1. The van der Waals surface area contributed by atoms with Crippen molar-refractivity contribution in [1.29, 1.82) is 0 Å². The molecule has 2 heterocycles. The van der Waals surface area contributed by atoms with Crippen molar-refractivity contribution in [2.75, 3.05) is 12.8 Å². The summed E-state index contributed by atoms with van der Waals surface area (Å²) in [6, 6.07) is 1.89. The number of aryl methyl sites for hydroxylation is 1. The zero-order chi connectivity index (χ0) is 15.6.